The standard InChI is InChI=1S/C19H21NO/c1-3-19(2)12-11-16-13-15(9-10-18(16)21-19)14-20-17-7-5-4-6-8-17/h4-13,20H,3,14H2,1-2H3/t19-/m0/s1. The van der Waals surface area contributed by atoms with E-state index in [1.54, 1.807) is 0 Å². The van der Waals surface area contributed by atoms with Gasteiger partial charge in [-0.2, -0.15) is 0 Å². The fourth-order valence-corrected chi connectivity index (χ4v) is 2.43. The molecule has 1 atom stereocenters. The van der Waals surface area contributed by atoms with Crippen molar-refractivity contribution in [2.24, 2.45) is 0 Å². The first-order valence-electron chi connectivity index (χ1n) is 7.49. The molecule has 108 valence electrons. The summed E-state index contributed by atoms with van der Waals surface area (Å²) in [4.78, 5) is 0. The lowest BCUT2D eigenvalue weighted by Crippen LogP contribution is -2.30. The highest BCUT2D eigenvalue weighted by Gasteiger charge is 2.24. The molecule has 0 amide bonds. The molecule has 0 spiro atoms. The molecule has 3 rings (SSSR count). The number of benzene rings is 2. The Morgan fingerprint density at radius 3 is 2.67 bits per heavy atom. The maximum absolute atomic E-state index is 6.08. The maximum atomic E-state index is 6.08. The molecular formula is C19H21NO. The largest absolute Gasteiger partial charge is 0.483 e. The molecule has 0 radical (unpaired) electrons. The van der Waals surface area contributed by atoms with E-state index in [9.17, 15) is 0 Å². The van der Waals surface area contributed by atoms with Crippen LogP contribution < -0.4 is 10.1 Å². The molecule has 0 fully saturated rings. The number of fused-ring (bicyclic) bond motifs is 1. The monoisotopic (exact) mass is 279 g/mol. The summed E-state index contributed by atoms with van der Waals surface area (Å²) in [7, 11) is 0. The Morgan fingerprint density at radius 2 is 1.90 bits per heavy atom. The third-order valence-electron chi connectivity index (χ3n) is 4.01. The smallest absolute Gasteiger partial charge is 0.127 e. The molecule has 0 aliphatic carbocycles. The molecule has 21 heavy (non-hydrogen) atoms. The third kappa shape index (κ3) is 3.10. The molecule has 1 heterocycles. The fraction of sp³-hybridized carbons (Fsp3) is 0.263. The Bertz CT molecular complexity index is 648. The first kappa shape index (κ1) is 13.7. The van der Waals surface area contributed by atoms with Crippen molar-refractivity contribution in [2.45, 2.75) is 32.4 Å². The molecule has 0 aromatic heterocycles. The van der Waals surface area contributed by atoms with Crippen LogP contribution in [0.1, 0.15) is 31.4 Å². The van der Waals surface area contributed by atoms with E-state index in [0.29, 0.717) is 0 Å². The summed E-state index contributed by atoms with van der Waals surface area (Å²) in [6, 6.07) is 16.7. The van der Waals surface area contributed by atoms with E-state index >= 15 is 0 Å². The van der Waals surface area contributed by atoms with E-state index in [2.05, 4.69) is 61.6 Å². The van der Waals surface area contributed by atoms with Crippen LogP contribution in [0.5, 0.6) is 5.75 Å². The maximum Gasteiger partial charge on any atom is 0.127 e. The number of para-hydroxylation sites is 1. The van der Waals surface area contributed by atoms with Gasteiger partial charge in [-0.25, -0.2) is 0 Å². The van der Waals surface area contributed by atoms with Gasteiger partial charge in [0.15, 0.2) is 0 Å². The van der Waals surface area contributed by atoms with Crippen molar-refractivity contribution in [3.63, 3.8) is 0 Å². The zero-order valence-corrected chi connectivity index (χ0v) is 12.6. The summed E-state index contributed by atoms with van der Waals surface area (Å²) >= 11 is 0. The van der Waals surface area contributed by atoms with E-state index in [1.807, 2.05) is 18.2 Å². The first-order chi connectivity index (χ1) is 10.2. The average Bonchev–Trinajstić information content (AvgIpc) is 2.54. The van der Waals surface area contributed by atoms with Crippen molar-refractivity contribution in [2.75, 3.05) is 5.32 Å². The van der Waals surface area contributed by atoms with Crippen LogP contribution in [0.4, 0.5) is 5.69 Å². The third-order valence-corrected chi connectivity index (χ3v) is 4.01. The molecule has 2 nitrogen and oxygen atoms in total. The summed E-state index contributed by atoms with van der Waals surface area (Å²) in [6.45, 7) is 5.08. The Hall–Kier alpha value is -2.22. The van der Waals surface area contributed by atoms with E-state index < -0.39 is 0 Å². The lowest BCUT2D eigenvalue weighted by atomic mass is 9.97. The minimum atomic E-state index is -0.170. The van der Waals surface area contributed by atoms with Gasteiger partial charge in [-0.05, 0) is 49.2 Å². The second-order valence-corrected chi connectivity index (χ2v) is 5.69. The molecule has 0 bridgehead atoms. The van der Waals surface area contributed by atoms with E-state index in [-0.39, 0.29) is 5.60 Å². The summed E-state index contributed by atoms with van der Waals surface area (Å²) in [5.41, 5.74) is 3.39. The van der Waals surface area contributed by atoms with Gasteiger partial charge >= 0.3 is 0 Å². The van der Waals surface area contributed by atoms with Crippen molar-refractivity contribution >= 4 is 11.8 Å². The van der Waals surface area contributed by atoms with Crippen LogP contribution in [0.15, 0.2) is 54.6 Å². The Balaban J connectivity index is 1.73. The van der Waals surface area contributed by atoms with E-state index in [1.165, 1.54) is 5.56 Å². The number of anilines is 1. The lowest BCUT2D eigenvalue weighted by molar-refractivity contribution is 0.133. The molecule has 0 saturated carbocycles. The Labute approximate surface area is 126 Å². The zero-order valence-electron chi connectivity index (χ0n) is 12.6. The Kier molecular flexibility index (Phi) is 3.70. The predicted molar refractivity (Wildman–Crippen MR) is 88.6 cm³/mol. The normalized spacial score (nSPS) is 19.7. The van der Waals surface area contributed by atoms with Gasteiger partial charge in [-0.1, -0.05) is 37.3 Å². The highest BCUT2D eigenvalue weighted by atomic mass is 16.5. The van der Waals surface area contributed by atoms with Crippen molar-refractivity contribution in [3.8, 4) is 5.75 Å². The van der Waals surface area contributed by atoms with Crippen LogP contribution >= 0.6 is 0 Å². The Morgan fingerprint density at radius 1 is 1.10 bits per heavy atom. The van der Waals surface area contributed by atoms with Crippen LogP contribution in [0.3, 0.4) is 0 Å². The van der Waals surface area contributed by atoms with Gasteiger partial charge in [-0.3, -0.25) is 0 Å². The average molecular weight is 279 g/mol. The van der Waals surface area contributed by atoms with Gasteiger partial charge in [0, 0.05) is 17.8 Å². The molecule has 1 N–H and O–H groups in total. The van der Waals surface area contributed by atoms with Crippen LogP contribution in [-0.4, -0.2) is 5.60 Å². The SMILES string of the molecule is CC[C@@]1(C)C=Cc2cc(CNc3ccccc3)ccc2O1. The molecule has 2 aromatic rings. The second-order valence-electron chi connectivity index (χ2n) is 5.69. The molecule has 0 saturated heterocycles. The van der Waals surface area contributed by atoms with Gasteiger partial charge in [0.2, 0.25) is 0 Å². The summed E-state index contributed by atoms with van der Waals surface area (Å²) in [5.74, 6) is 0.977. The van der Waals surface area contributed by atoms with Gasteiger partial charge in [0.1, 0.15) is 11.4 Å². The number of nitrogens with one attached hydrogen (secondary N) is 1. The van der Waals surface area contributed by atoms with E-state index in [0.717, 1.165) is 30.0 Å². The fourth-order valence-electron chi connectivity index (χ4n) is 2.43. The van der Waals surface area contributed by atoms with Crippen LogP contribution in [0.25, 0.3) is 6.08 Å². The highest BCUT2D eigenvalue weighted by molar-refractivity contribution is 5.62. The number of rotatable bonds is 4. The minimum Gasteiger partial charge on any atom is -0.483 e. The van der Waals surface area contributed by atoms with E-state index in [4.69, 9.17) is 4.74 Å². The molecule has 0 unspecified atom stereocenters. The van der Waals surface area contributed by atoms with Crippen LogP contribution in [-0.2, 0) is 6.54 Å². The van der Waals surface area contributed by atoms with Crippen molar-refractivity contribution in [1.29, 1.82) is 0 Å². The van der Waals surface area contributed by atoms with Crippen LogP contribution in [0, 0.1) is 0 Å². The molecular weight excluding hydrogens is 258 g/mol. The van der Waals surface area contributed by atoms with Crippen molar-refractivity contribution in [3.05, 3.63) is 65.7 Å². The van der Waals surface area contributed by atoms with Gasteiger partial charge in [-0.15, -0.1) is 0 Å². The van der Waals surface area contributed by atoms with Crippen LogP contribution in [0.2, 0.25) is 0 Å². The zero-order chi connectivity index (χ0) is 14.7. The lowest BCUT2D eigenvalue weighted by Gasteiger charge is -2.30. The highest BCUT2D eigenvalue weighted by Crippen LogP contribution is 2.33. The second kappa shape index (κ2) is 5.65. The molecule has 2 aromatic carbocycles. The summed E-state index contributed by atoms with van der Waals surface area (Å²) in [5, 5.41) is 3.43. The summed E-state index contributed by atoms with van der Waals surface area (Å²) < 4.78 is 6.08. The van der Waals surface area contributed by atoms with Crippen molar-refractivity contribution < 1.29 is 4.74 Å². The van der Waals surface area contributed by atoms with Crippen molar-refractivity contribution in [1.82, 2.24) is 0 Å². The molecule has 1 aliphatic rings. The van der Waals surface area contributed by atoms with Gasteiger partial charge < -0.3 is 10.1 Å². The number of ether oxygens (including phenoxy) is 1. The predicted octanol–water partition coefficient (Wildman–Crippen LogP) is 4.87. The summed E-state index contributed by atoms with van der Waals surface area (Å²) in [6.07, 6.45) is 5.30. The quantitative estimate of drug-likeness (QED) is 0.861. The molecule has 2 heteroatoms. The number of hydrogen-bond acceptors (Lipinski definition) is 2. The topological polar surface area (TPSA) is 21.3 Å². The molecule has 1 aliphatic heterocycles. The first-order valence-corrected chi connectivity index (χ1v) is 7.49. The van der Waals surface area contributed by atoms with Gasteiger partial charge in [0.25, 0.3) is 0 Å². The van der Waals surface area contributed by atoms with Gasteiger partial charge in [0.05, 0.1) is 0 Å². The number of hydrogen-bond donors (Lipinski definition) is 1. The minimum absolute atomic E-state index is 0.170.